The van der Waals surface area contributed by atoms with Gasteiger partial charge in [-0.2, -0.15) is 0 Å². The molecule has 0 saturated heterocycles. The maximum Gasteiger partial charge on any atom is 0.261 e. The van der Waals surface area contributed by atoms with E-state index in [9.17, 15) is 9.59 Å². The first-order valence-corrected chi connectivity index (χ1v) is 7.88. The zero-order chi connectivity index (χ0) is 16.4. The second-order valence-electron chi connectivity index (χ2n) is 5.12. The molecule has 0 saturated carbocycles. The van der Waals surface area contributed by atoms with Crippen LogP contribution in [0.4, 0.5) is 5.69 Å². The summed E-state index contributed by atoms with van der Waals surface area (Å²) in [6.45, 7) is 1.67. The van der Waals surface area contributed by atoms with Gasteiger partial charge in [0.2, 0.25) is 5.91 Å². The molecule has 2 aromatic carbocycles. The molecule has 1 unspecified atom stereocenters. The van der Waals surface area contributed by atoms with E-state index in [1.165, 1.54) is 10.9 Å². The number of carbonyl (C=O) groups is 1. The Morgan fingerprint density at radius 3 is 2.65 bits per heavy atom. The molecule has 1 atom stereocenters. The van der Waals surface area contributed by atoms with Crippen LogP contribution in [0.5, 0.6) is 0 Å². The number of para-hydroxylation sites is 2. The molecule has 116 valence electrons. The van der Waals surface area contributed by atoms with Crippen LogP contribution < -0.4 is 10.9 Å². The van der Waals surface area contributed by atoms with E-state index < -0.39 is 6.04 Å². The first kappa shape index (κ1) is 15.4. The van der Waals surface area contributed by atoms with Gasteiger partial charge in [-0.3, -0.25) is 14.2 Å². The average molecular weight is 372 g/mol. The summed E-state index contributed by atoms with van der Waals surface area (Å²) in [5, 5.41) is 3.31. The highest BCUT2D eigenvalue weighted by atomic mass is 79.9. The highest BCUT2D eigenvalue weighted by Gasteiger charge is 2.18. The van der Waals surface area contributed by atoms with Crippen LogP contribution in [0, 0.1) is 0 Å². The van der Waals surface area contributed by atoms with Gasteiger partial charge in [-0.1, -0.05) is 24.3 Å². The number of halogens is 1. The summed E-state index contributed by atoms with van der Waals surface area (Å²) in [5.41, 5.74) is 1.05. The lowest BCUT2D eigenvalue weighted by Gasteiger charge is -2.16. The summed E-state index contributed by atoms with van der Waals surface area (Å²) in [5.74, 6) is -0.281. The standard InChI is InChI=1S/C17H14BrN3O2/c1-11(16(22)20-15-9-5-3-7-13(15)18)21-10-19-14-8-4-2-6-12(14)17(21)23/h2-11H,1H3,(H,20,22). The Hall–Kier alpha value is -2.47. The predicted molar refractivity (Wildman–Crippen MR) is 93.5 cm³/mol. The Morgan fingerprint density at radius 2 is 1.87 bits per heavy atom. The van der Waals surface area contributed by atoms with E-state index in [0.717, 1.165) is 4.47 Å². The minimum atomic E-state index is -0.674. The van der Waals surface area contributed by atoms with Crippen molar-refractivity contribution < 1.29 is 4.79 Å². The molecule has 0 aliphatic heterocycles. The van der Waals surface area contributed by atoms with Crippen molar-refractivity contribution in [1.82, 2.24) is 9.55 Å². The van der Waals surface area contributed by atoms with Gasteiger partial charge in [-0.25, -0.2) is 4.98 Å². The Labute approximate surface area is 141 Å². The van der Waals surface area contributed by atoms with Crippen LogP contribution >= 0.6 is 15.9 Å². The van der Waals surface area contributed by atoms with Gasteiger partial charge in [0.25, 0.3) is 5.56 Å². The van der Waals surface area contributed by atoms with Gasteiger partial charge < -0.3 is 5.32 Å². The SMILES string of the molecule is CC(C(=O)Nc1ccccc1Br)n1cnc2ccccc2c1=O. The van der Waals surface area contributed by atoms with Crippen molar-refractivity contribution in [3.8, 4) is 0 Å². The summed E-state index contributed by atoms with van der Waals surface area (Å²) in [6.07, 6.45) is 1.41. The third-order valence-electron chi connectivity index (χ3n) is 3.62. The van der Waals surface area contributed by atoms with Crippen molar-refractivity contribution >= 4 is 38.4 Å². The number of aromatic nitrogens is 2. The van der Waals surface area contributed by atoms with Crippen molar-refractivity contribution in [2.24, 2.45) is 0 Å². The number of nitrogens with one attached hydrogen (secondary N) is 1. The Balaban J connectivity index is 1.92. The molecule has 1 N–H and O–H groups in total. The number of anilines is 1. The Bertz CT molecular complexity index is 936. The van der Waals surface area contributed by atoms with Gasteiger partial charge in [0.1, 0.15) is 6.04 Å². The van der Waals surface area contributed by atoms with Crippen molar-refractivity contribution in [2.75, 3.05) is 5.32 Å². The van der Waals surface area contributed by atoms with Crippen LogP contribution in [-0.2, 0) is 4.79 Å². The smallest absolute Gasteiger partial charge is 0.261 e. The van der Waals surface area contributed by atoms with Crippen LogP contribution in [-0.4, -0.2) is 15.5 Å². The number of benzene rings is 2. The zero-order valence-corrected chi connectivity index (χ0v) is 13.9. The molecule has 0 bridgehead atoms. The summed E-state index contributed by atoms with van der Waals surface area (Å²) < 4.78 is 2.12. The van der Waals surface area contributed by atoms with Crippen LogP contribution in [0.15, 0.2) is 64.1 Å². The van der Waals surface area contributed by atoms with Crippen molar-refractivity contribution in [1.29, 1.82) is 0 Å². The Kier molecular flexibility index (Phi) is 4.25. The summed E-state index contributed by atoms with van der Waals surface area (Å²) in [7, 11) is 0. The zero-order valence-electron chi connectivity index (χ0n) is 12.4. The number of hydrogen-bond acceptors (Lipinski definition) is 3. The molecule has 3 aromatic rings. The van der Waals surface area contributed by atoms with Crippen LogP contribution in [0.3, 0.4) is 0 Å². The lowest BCUT2D eigenvalue weighted by molar-refractivity contribution is -0.118. The largest absolute Gasteiger partial charge is 0.323 e. The normalized spacial score (nSPS) is 12.1. The van der Waals surface area contributed by atoms with E-state index in [-0.39, 0.29) is 11.5 Å². The minimum Gasteiger partial charge on any atom is -0.323 e. The highest BCUT2D eigenvalue weighted by molar-refractivity contribution is 9.10. The molecule has 0 aliphatic rings. The molecule has 1 heterocycles. The lowest BCUT2D eigenvalue weighted by Crippen LogP contribution is -2.31. The molecule has 0 aliphatic carbocycles. The first-order valence-electron chi connectivity index (χ1n) is 7.09. The molecule has 3 rings (SSSR count). The van der Waals surface area contributed by atoms with Gasteiger partial charge in [0, 0.05) is 4.47 Å². The fourth-order valence-electron chi connectivity index (χ4n) is 2.28. The third kappa shape index (κ3) is 3.03. The van der Waals surface area contributed by atoms with E-state index in [1.807, 2.05) is 24.3 Å². The maximum absolute atomic E-state index is 12.5. The molecule has 0 fully saturated rings. The second kappa shape index (κ2) is 6.34. The number of carbonyl (C=O) groups excluding carboxylic acids is 1. The third-order valence-corrected chi connectivity index (χ3v) is 4.31. The molecular formula is C17H14BrN3O2. The fourth-order valence-corrected chi connectivity index (χ4v) is 2.67. The van der Waals surface area contributed by atoms with E-state index in [1.54, 1.807) is 31.2 Å². The molecule has 1 aromatic heterocycles. The molecule has 0 radical (unpaired) electrons. The second-order valence-corrected chi connectivity index (χ2v) is 5.97. The molecule has 5 nitrogen and oxygen atoms in total. The lowest BCUT2D eigenvalue weighted by atomic mass is 10.2. The van der Waals surface area contributed by atoms with Gasteiger partial charge in [0.15, 0.2) is 0 Å². The monoisotopic (exact) mass is 371 g/mol. The highest BCUT2D eigenvalue weighted by Crippen LogP contribution is 2.22. The van der Waals surface area contributed by atoms with Crippen LogP contribution in [0.2, 0.25) is 0 Å². The van der Waals surface area contributed by atoms with Gasteiger partial charge in [0.05, 0.1) is 22.9 Å². The van der Waals surface area contributed by atoms with E-state index in [0.29, 0.717) is 16.6 Å². The average Bonchev–Trinajstić information content (AvgIpc) is 2.57. The summed E-state index contributed by atoms with van der Waals surface area (Å²) in [4.78, 5) is 29.2. The Morgan fingerprint density at radius 1 is 1.17 bits per heavy atom. The van der Waals surface area contributed by atoms with Crippen molar-refractivity contribution in [3.63, 3.8) is 0 Å². The predicted octanol–water partition coefficient (Wildman–Crippen LogP) is 3.36. The molecule has 0 spiro atoms. The number of rotatable bonds is 3. The number of fused-ring (bicyclic) bond motifs is 1. The number of hydrogen-bond donors (Lipinski definition) is 1. The van der Waals surface area contributed by atoms with Crippen LogP contribution in [0.1, 0.15) is 13.0 Å². The topological polar surface area (TPSA) is 64.0 Å². The number of amides is 1. The van der Waals surface area contributed by atoms with Crippen molar-refractivity contribution in [3.05, 3.63) is 69.7 Å². The van der Waals surface area contributed by atoms with Crippen molar-refractivity contribution in [2.45, 2.75) is 13.0 Å². The summed E-state index contributed by atoms with van der Waals surface area (Å²) >= 11 is 3.38. The van der Waals surface area contributed by atoms with E-state index in [4.69, 9.17) is 0 Å². The fraction of sp³-hybridized carbons (Fsp3) is 0.118. The van der Waals surface area contributed by atoms with E-state index >= 15 is 0 Å². The summed E-state index contributed by atoms with van der Waals surface area (Å²) in [6, 6.07) is 13.7. The van der Waals surface area contributed by atoms with Gasteiger partial charge >= 0.3 is 0 Å². The van der Waals surface area contributed by atoms with E-state index in [2.05, 4.69) is 26.2 Å². The quantitative estimate of drug-likeness (QED) is 0.767. The maximum atomic E-state index is 12.5. The molecule has 23 heavy (non-hydrogen) atoms. The first-order chi connectivity index (χ1) is 11.1. The van der Waals surface area contributed by atoms with Gasteiger partial charge in [-0.15, -0.1) is 0 Å². The van der Waals surface area contributed by atoms with Crippen LogP contribution in [0.25, 0.3) is 10.9 Å². The number of nitrogens with zero attached hydrogens (tertiary/aromatic N) is 2. The molecule has 1 amide bonds. The minimum absolute atomic E-state index is 0.231. The molecule has 6 heteroatoms. The van der Waals surface area contributed by atoms with Gasteiger partial charge in [-0.05, 0) is 47.1 Å². The molecular weight excluding hydrogens is 358 g/mol.